The molecule has 1 saturated heterocycles. The van der Waals surface area contributed by atoms with E-state index in [1.54, 1.807) is 19.5 Å². The number of hydrogen-bond acceptors (Lipinski definition) is 5. The Bertz CT molecular complexity index is 371. The summed E-state index contributed by atoms with van der Waals surface area (Å²) in [4.78, 5) is 10.8. The van der Waals surface area contributed by atoms with Crippen molar-refractivity contribution in [3.63, 3.8) is 0 Å². The van der Waals surface area contributed by atoms with Gasteiger partial charge in [0.2, 0.25) is 5.95 Å². The number of hydrogen-bond donors (Lipinski definition) is 1. The van der Waals surface area contributed by atoms with E-state index < -0.39 is 0 Å². The van der Waals surface area contributed by atoms with Gasteiger partial charge in [-0.1, -0.05) is 6.92 Å². The smallest absolute Gasteiger partial charge is 0.222 e. The summed E-state index contributed by atoms with van der Waals surface area (Å²) in [6, 6.07) is 0. The van der Waals surface area contributed by atoms with Crippen molar-refractivity contribution in [2.45, 2.75) is 19.8 Å². The Morgan fingerprint density at radius 1 is 1.33 bits per heavy atom. The summed E-state index contributed by atoms with van der Waals surface area (Å²) in [5, 5.41) is 3.32. The van der Waals surface area contributed by atoms with Crippen LogP contribution in [0.4, 0.5) is 5.95 Å². The molecule has 1 fully saturated rings. The Kier molecular flexibility index (Phi) is 4.01. The fourth-order valence-corrected chi connectivity index (χ4v) is 2.14. The molecule has 1 N–H and O–H groups in total. The molecule has 5 heteroatoms. The van der Waals surface area contributed by atoms with Crippen LogP contribution in [0.15, 0.2) is 12.4 Å². The summed E-state index contributed by atoms with van der Waals surface area (Å²) in [6.07, 6.45) is 5.80. The lowest BCUT2D eigenvalue weighted by atomic mass is 9.80. The van der Waals surface area contributed by atoms with Crippen molar-refractivity contribution in [1.82, 2.24) is 14.9 Å². The minimum absolute atomic E-state index is 0.343. The molecule has 0 unspecified atom stereocenters. The van der Waals surface area contributed by atoms with Crippen molar-refractivity contribution in [3.8, 4) is 5.75 Å². The van der Waals surface area contributed by atoms with Gasteiger partial charge in [-0.3, -0.25) is 0 Å². The third-order valence-electron chi connectivity index (χ3n) is 3.73. The van der Waals surface area contributed by atoms with Crippen LogP contribution in [0.3, 0.4) is 0 Å². The first-order chi connectivity index (χ1) is 8.61. The number of nitrogens with one attached hydrogen (secondary N) is 1. The molecule has 18 heavy (non-hydrogen) atoms. The quantitative estimate of drug-likeness (QED) is 0.880. The third kappa shape index (κ3) is 3.32. The van der Waals surface area contributed by atoms with Crippen LogP contribution in [0.25, 0.3) is 0 Å². The van der Waals surface area contributed by atoms with Crippen molar-refractivity contribution in [3.05, 3.63) is 12.4 Å². The minimum Gasteiger partial charge on any atom is -0.494 e. The maximum Gasteiger partial charge on any atom is 0.222 e. The lowest BCUT2D eigenvalue weighted by molar-refractivity contribution is 0.150. The van der Waals surface area contributed by atoms with Crippen molar-refractivity contribution in [2.24, 2.45) is 5.41 Å². The van der Waals surface area contributed by atoms with E-state index in [1.165, 1.54) is 25.9 Å². The predicted octanol–water partition coefficient (Wildman–Crippen LogP) is 1.63. The van der Waals surface area contributed by atoms with Crippen LogP contribution in [0.5, 0.6) is 5.75 Å². The van der Waals surface area contributed by atoms with E-state index in [0.717, 1.165) is 6.54 Å². The average Bonchev–Trinajstić information content (AvgIpc) is 2.41. The minimum atomic E-state index is 0.343. The monoisotopic (exact) mass is 250 g/mol. The van der Waals surface area contributed by atoms with Gasteiger partial charge in [-0.15, -0.1) is 0 Å². The van der Waals surface area contributed by atoms with Crippen LogP contribution in [-0.2, 0) is 0 Å². The normalized spacial score (nSPS) is 19.5. The highest BCUT2D eigenvalue weighted by Crippen LogP contribution is 2.30. The number of aromatic nitrogens is 2. The van der Waals surface area contributed by atoms with Crippen LogP contribution in [0, 0.1) is 5.41 Å². The van der Waals surface area contributed by atoms with Gasteiger partial charge < -0.3 is 15.0 Å². The van der Waals surface area contributed by atoms with Gasteiger partial charge in [0.1, 0.15) is 0 Å². The van der Waals surface area contributed by atoms with E-state index >= 15 is 0 Å². The molecule has 1 aromatic heterocycles. The number of methoxy groups -OCH3 is 1. The van der Waals surface area contributed by atoms with Crippen molar-refractivity contribution < 1.29 is 4.74 Å². The van der Waals surface area contributed by atoms with Gasteiger partial charge in [-0.05, 0) is 38.4 Å². The number of piperidine rings is 1. The van der Waals surface area contributed by atoms with Crippen LogP contribution in [0.1, 0.15) is 19.8 Å². The largest absolute Gasteiger partial charge is 0.494 e. The molecular weight excluding hydrogens is 228 g/mol. The van der Waals surface area contributed by atoms with Gasteiger partial charge >= 0.3 is 0 Å². The van der Waals surface area contributed by atoms with Gasteiger partial charge in [-0.2, -0.15) is 0 Å². The van der Waals surface area contributed by atoms with E-state index in [9.17, 15) is 0 Å². The van der Waals surface area contributed by atoms with Gasteiger partial charge in [0.05, 0.1) is 19.5 Å². The summed E-state index contributed by atoms with van der Waals surface area (Å²) >= 11 is 0. The first kappa shape index (κ1) is 13.1. The fraction of sp³-hybridized carbons (Fsp3) is 0.692. The topological polar surface area (TPSA) is 50.3 Å². The highest BCUT2D eigenvalue weighted by molar-refractivity contribution is 5.27. The van der Waals surface area contributed by atoms with Crippen molar-refractivity contribution in [2.75, 3.05) is 39.1 Å². The number of anilines is 1. The Morgan fingerprint density at radius 2 is 1.94 bits per heavy atom. The highest BCUT2D eigenvalue weighted by Gasteiger charge is 2.28. The lowest BCUT2D eigenvalue weighted by Crippen LogP contribution is -2.40. The Morgan fingerprint density at radius 3 is 2.50 bits per heavy atom. The maximum atomic E-state index is 5.04. The number of ether oxygens (including phenoxy) is 1. The molecule has 0 spiro atoms. The zero-order valence-corrected chi connectivity index (χ0v) is 11.4. The summed E-state index contributed by atoms with van der Waals surface area (Å²) in [5.41, 5.74) is 0.343. The molecular formula is C13H22N4O. The molecule has 2 rings (SSSR count). The molecule has 0 bridgehead atoms. The van der Waals surface area contributed by atoms with E-state index in [2.05, 4.69) is 34.2 Å². The molecule has 100 valence electrons. The second kappa shape index (κ2) is 5.52. The maximum absolute atomic E-state index is 5.04. The summed E-state index contributed by atoms with van der Waals surface area (Å²) < 4.78 is 5.04. The summed E-state index contributed by atoms with van der Waals surface area (Å²) in [6.45, 7) is 5.59. The average molecular weight is 250 g/mol. The number of nitrogens with zero attached hydrogens (tertiary/aromatic N) is 3. The number of rotatable bonds is 4. The van der Waals surface area contributed by atoms with Crippen LogP contribution in [-0.4, -0.2) is 48.7 Å². The molecule has 0 atom stereocenters. The van der Waals surface area contributed by atoms with Gasteiger partial charge in [-0.25, -0.2) is 9.97 Å². The molecule has 0 amide bonds. The van der Waals surface area contributed by atoms with Crippen LogP contribution in [0.2, 0.25) is 0 Å². The highest BCUT2D eigenvalue weighted by atomic mass is 16.5. The second-order valence-electron chi connectivity index (χ2n) is 5.41. The van der Waals surface area contributed by atoms with Gasteiger partial charge in [0, 0.05) is 6.54 Å². The summed E-state index contributed by atoms with van der Waals surface area (Å²) in [5.74, 6) is 1.36. The molecule has 0 saturated carbocycles. The zero-order valence-electron chi connectivity index (χ0n) is 11.4. The standard InChI is InChI=1S/C13H22N4O/c1-13(4-6-17(2)7-5-13)10-16-12-14-8-11(18-3)9-15-12/h8-9H,4-7,10H2,1-3H3,(H,14,15,16). The first-order valence-corrected chi connectivity index (χ1v) is 6.40. The van der Waals surface area contributed by atoms with E-state index in [-0.39, 0.29) is 0 Å². The molecule has 5 nitrogen and oxygen atoms in total. The van der Waals surface area contributed by atoms with Gasteiger partial charge in [0.25, 0.3) is 0 Å². The lowest BCUT2D eigenvalue weighted by Gasteiger charge is -2.37. The van der Waals surface area contributed by atoms with E-state index in [0.29, 0.717) is 17.1 Å². The molecule has 0 radical (unpaired) electrons. The van der Waals surface area contributed by atoms with Crippen LogP contribution >= 0.6 is 0 Å². The van der Waals surface area contributed by atoms with Crippen molar-refractivity contribution >= 4 is 5.95 Å². The molecule has 0 aromatic carbocycles. The number of likely N-dealkylation sites (tertiary alicyclic amines) is 1. The Labute approximate surface area is 109 Å². The predicted molar refractivity (Wildman–Crippen MR) is 71.9 cm³/mol. The van der Waals surface area contributed by atoms with Crippen LogP contribution < -0.4 is 10.1 Å². The molecule has 1 aliphatic rings. The second-order valence-corrected chi connectivity index (χ2v) is 5.41. The third-order valence-corrected chi connectivity index (χ3v) is 3.73. The SMILES string of the molecule is COc1cnc(NCC2(C)CCN(C)CC2)nc1. The Hall–Kier alpha value is -1.36. The molecule has 1 aromatic rings. The van der Waals surface area contributed by atoms with Gasteiger partial charge in [0.15, 0.2) is 5.75 Å². The van der Waals surface area contributed by atoms with E-state index in [1.807, 2.05) is 0 Å². The fourth-order valence-electron chi connectivity index (χ4n) is 2.14. The zero-order chi connectivity index (χ0) is 13.0. The summed E-state index contributed by atoms with van der Waals surface area (Å²) in [7, 11) is 3.80. The Balaban J connectivity index is 1.86. The molecule has 1 aliphatic heterocycles. The first-order valence-electron chi connectivity index (χ1n) is 6.40. The van der Waals surface area contributed by atoms with E-state index in [4.69, 9.17) is 4.74 Å². The molecule has 2 heterocycles. The molecule has 0 aliphatic carbocycles. The van der Waals surface area contributed by atoms with Crippen molar-refractivity contribution in [1.29, 1.82) is 0 Å².